The average molecular weight is 474 g/mol. The Bertz CT molecular complexity index is 868. The minimum atomic E-state index is -0.806. The monoisotopic (exact) mass is 473 g/mol. The molecule has 2 amide bonds. The zero-order valence-corrected chi connectivity index (χ0v) is 20.5. The zero-order valence-electron chi connectivity index (χ0n) is 20.5. The molecule has 0 saturated heterocycles. The highest BCUT2D eigenvalue weighted by atomic mass is 16.5. The number of rotatable bonds is 11. The van der Waals surface area contributed by atoms with Gasteiger partial charge in [0.25, 0.3) is 11.8 Å². The smallest absolute Gasteiger partial charge is 0.258 e. The van der Waals surface area contributed by atoms with E-state index in [2.05, 4.69) is 15.7 Å². The van der Waals surface area contributed by atoms with Crippen molar-refractivity contribution in [2.75, 3.05) is 26.8 Å². The number of nitrogens with two attached hydrogens (primary N) is 1. The fourth-order valence-corrected chi connectivity index (χ4v) is 6.12. The van der Waals surface area contributed by atoms with E-state index < -0.39 is 6.10 Å². The van der Waals surface area contributed by atoms with Gasteiger partial charge in [-0.25, -0.2) is 4.68 Å². The van der Waals surface area contributed by atoms with E-state index in [-0.39, 0.29) is 23.8 Å². The molecule has 4 aliphatic rings. The Morgan fingerprint density at radius 2 is 1.88 bits per heavy atom. The largest absolute Gasteiger partial charge is 0.477 e. The van der Waals surface area contributed by atoms with Crippen molar-refractivity contribution in [2.24, 2.45) is 35.3 Å². The van der Waals surface area contributed by atoms with Gasteiger partial charge in [-0.05, 0) is 67.8 Å². The number of nitrogens with one attached hydrogen (secondary N) is 2. The predicted molar refractivity (Wildman–Crippen MR) is 129 cm³/mol. The van der Waals surface area contributed by atoms with Gasteiger partial charge in [0.05, 0.1) is 12.8 Å². The Hall–Kier alpha value is -2.39. The van der Waals surface area contributed by atoms with Crippen LogP contribution in [0, 0.1) is 29.6 Å². The number of aromatic nitrogens is 2. The van der Waals surface area contributed by atoms with Crippen molar-refractivity contribution < 1.29 is 19.1 Å². The number of hydrogen-bond donors (Lipinski definition) is 3. The summed E-state index contributed by atoms with van der Waals surface area (Å²) in [5.74, 6) is 3.11. The number of carbonyl (C=O) groups excluding carboxylic acids is 2. The summed E-state index contributed by atoms with van der Waals surface area (Å²) in [4.78, 5) is 25.6. The lowest BCUT2D eigenvalue weighted by atomic mass is 9.54. The maximum atomic E-state index is 13.4. The molecule has 4 fully saturated rings. The third kappa shape index (κ3) is 5.46. The SMILES string of the molecule is COC(/C=C/n1ncc(C(=O)NC2C3CC4CC(C3)CC2C4)c1OCC(C)C)C(=O)NCCN. The van der Waals surface area contributed by atoms with Crippen LogP contribution in [0.15, 0.2) is 12.3 Å². The quantitative estimate of drug-likeness (QED) is 0.452. The molecule has 0 aromatic carbocycles. The number of ether oxygens (including phenoxy) is 2. The van der Waals surface area contributed by atoms with E-state index in [1.54, 1.807) is 18.5 Å². The molecule has 188 valence electrons. The molecule has 4 bridgehead atoms. The van der Waals surface area contributed by atoms with Gasteiger partial charge in [0.2, 0.25) is 5.88 Å². The molecular formula is C25H39N5O4. The van der Waals surface area contributed by atoms with Crippen molar-refractivity contribution in [3.8, 4) is 5.88 Å². The van der Waals surface area contributed by atoms with Gasteiger partial charge in [-0.15, -0.1) is 0 Å². The van der Waals surface area contributed by atoms with Gasteiger partial charge in [-0.3, -0.25) is 9.59 Å². The molecule has 1 atom stereocenters. The van der Waals surface area contributed by atoms with Crippen LogP contribution in [0.4, 0.5) is 0 Å². The Morgan fingerprint density at radius 3 is 2.47 bits per heavy atom. The normalized spacial score (nSPS) is 28.4. The number of methoxy groups -OCH3 is 1. The number of amides is 2. The molecule has 1 unspecified atom stereocenters. The van der Waals surface area contributed by atoms with Crippen LogP contribution in [0.5, 0.6) is 5.88 Å². The maximum absolute atomic E-state index is 13.4. The Morgan fingerprint density at radius 1 is 1.21 bits per heavy atom. The zero-order chi connectivity index (χ0) is 24.2. The standard InChI is InChI=1S/C25H39N5O4/c1-15(2)14-34-25-20(13-28-30(25)7-4-21(33-3)24(32)27-6-5-26)23(31)29-22-18-9-16-8-17(11-18)12-19(22)10-16/h4,7,13,15-19,21-22H,5-6,8-12,14,26H2,1-3H3,(H,27,32)(H,29,31)/b7-4+. The molecule has 34 heavy (non-hydrogen) atoms. The highest BCUT2D eigenvalue weighted by Gasteiger charge is 2.48. The third-order valence-corrected chi connectivity index (χ3v) is 7.43. The highest BCUT2D eigenvalue weighted by molar-refractivity contribution is 5.96. The van der Waals surface area contributed by atoms with Crippen molar-refractivity contribution in [3.05, 3.63) is 17.8 Å². The summed E-state index contributed by atoms with van der Waals surface area (Å²) in [6.45, 7) is 5.26. The number of carbonyl (C=O) groups is 2. The van der Waals surface area contributed by atoms with Gasteiger partial charge in [-0.1, -0.05) is 13.8 Å². The van der Waals surface area contributed by atoms with Crippen LogP contribution in [0.25, 0.3) is 6.20 Å². The minimum Gasteiger partial charge on any atom is -0.477 e. The van der Waals surface area contributed by atoms with Crippen LogP contribution in [0.3, 0.4) is 0 Å². The van der Waals surface area contributed by atoms with Crippen LogP contribution in [-0.2, 0) is 9.53 Å². The lowest BCUT2D eigenvalue weighted by molar-refractivity contribution is -0.128. The highest BCUT2D eigenvalue weighted by Crippen LogP contribution is 2.53. The molecular weight excluding hydrogens is 434 g/mol. The molecule has 5 rings (SSSR count). The molecule has 4 saturated carbocycles. The molecule has 9 nitrogen and oxygen atoms in total. The topological polar surface area (TPSA) is 121 Å². The minimum absolute atomic E-state index is 0.139. The molecule has 0 radical (unpaired) electrons. The number of hydrogen-bond acceptors (Lipinski definition) is 6. The van der Waals surface area contributed by atoms with Crippen molar-refractivity contribution in [3.63, 3.8) is 0 Å². The van der Waals surface area contributed by atoms with E-state index in [1.165, 1.54) is 43.9 Å². The van der Waals surface area contributed by atoms with Crippen molar-refractivity contribution in [2.45, 2.75) is 58.1 Å². The molecule has 4 N–H and O–H groups in total. The summed E-state index contributed by atoms with van der Waals surface area (Å²) in [6, 6.07) is 0.237. The Kier molecular flexibility index (Phi) is 7.93. The molecule has 1 heterocycles. The maximum Gasteiger partial charge on any atom is 0.258 e. The van der Waals surface area contributed by atoms with Crippen LogP contribution < -0.4 is 21.1 Å². The van der Waals surface area contributed by atoms with E-state index in [4.69, 9.17) is 15.2 Å². The molecule has 4 aliphatic carbocycles. The van der Waals surface area contributed by atoms with Crippen molar-refractivity contribution in [1.29, 1.82) is 0 Å². The molecule has 1 aromatic rings. The van der Waals surface area contributed by atoms with Gasteiger partial charge in [0.1, 0.15) is 5.56 Å². The first-order valence-corrected chi connectivity index (χ1v) is 12.6. The predicted octanol–water partition coefficient (Wildman–Crippen LogP) is 2.03. The molecule has 0 aliphatic heterocycles. The molecule has 0 spiro atoms. The average Bonchev–Trinajstić information content (AvgIpc) is 3.21. The lowest BCUT2D eigenvalue weighted by Crippen LogP contribution is -2.55. The first-order chi connectivity index (χ1) is 16.4. The Labute approximate surface area is 201 Å². The van der Waals surface area contributed by atoms with E-state index >= 15 is 0 Å². The molecule has 1 aromatic heterocycles. The van der Waals surface area contributed by atoms with Gasteiger partial charge in [0.15, 0.2) is 6.10 Å². The van der Waals surface area contributed by atoms with E-state index in [0.717, 1.165) is 11.8 Å². The summed E-state index contributed by atoms with van der Waals surface area (Å²) in [5, 5.41) is 10.4. The second-order valence-corrected chi connectivity index (χ2v) is 10.5. The van der Waals surface area contributed by atoms with E-state index in [1.807, 2.05) is 13.8 Å². The summed E-state index contributed by atoms with van der Waals surface area (Å²) in [5.41, 5.74) is 5.87. The summed E-state index contributed by atoms with van der Waals surface area (Å²) in [7, 11) is 1.46. The Balaban J connectivity index is 1.49. The lowest BCUT2D eigenvalue weighted by Gasteiger charge is -2.54. The van der Waals surface area contributed by atoms with E-state index in [9.17, 15) is 9.59 Å². The summed E-state index contributed by atoms with van der Waals surface area (Å²) in [6.07, 6.45) is 10.3. The second kappa shape index (κ2) is 10.9. The van der Waals surface area contributed by atoms with Gasteiger partial charge >= 0.3 is 0 Å². The van der Waals surface area contributed by atoms with Crippen molar-refractivity contribution >= 4 is 18.0 Å². The number of nitrogens with zero attached hydrogens (tertiary/aromatic N) is 2. The summed E-state index contributed by atoms with van der Waals surface area (Å²) < 4.78 is 12.8. The van der Waals surface area contributed by atoms with Gasteiger partial charge in [-0.2, -0.15) is 5.10 Å². The van der Waals surface area contributed by atoms with Crippen molar-refractivity contribution in [1.82, 2.24) is 20.4 Å². The van der Waals surface area contributed by atoms with Crippen LogP contribution in [-0.4, -0.2) is 60.5 Å². The first kappa shape index (κ1) is 24.7. The second-order valence-electron chi connectivity index (χ2n) is 10.5. The first-order valence-electron chi connectivity index (χ1n) is 12.6. The van der Waals surface area contributed by atoms with Gasteiger partial charge in [0, 0.05) is 32.4 Å². The van der Waals surface area contributed by atoms with Crippen LogP contribution in [0.1, 0.15) is 56.3 Å². The fraction of sp³-hybridized carbons (Fsp3) is 0.720. The van der Waals surface area contributed by atoms with E-state index in [0.29, 0.717) is 43.0 Å². The third-order valence-electron chi connectivity index (χ3n) is 7.43. The fourth-order valence-electron chi connectivity index (χ4n) is 6.12. The summed E-state index contributed by atoms with van der Waals surface area (Å²) >= 11 is 0. The van der Waals surface area contributed by atoms with Gasteiger partial charge < -0.3 is 25.8 Å². The van der Waals surface area contributed by atoms with Crippen LogP contribution >= 0.6 is 0 Å². The van der Waals surface area contributed by atoms with Crippen LogP contribution in [0.2, 0.25) is 0 Å². The molecule has 9 heteroatoms.